The van der Waals surface area contributed by atoms with Crippen LogP contribution in [0.4, 0.5) is 0 Å². The number of aliphatic imine (C=N–C) groups is 1. The fourth-order valence-corrected chi connectivity index (χ4v) is 3.69. The van der Waals surface area contributed by atoms with E-state index in [1.54, 1.807) is 0 Å². The van der Waals surface area contributed by atoms with E-state index in [1.165, 1.54) is 12.8 Å². The van der Waals surface area contributed by atoms with Crippen molar-refractivity contribution in [3.8, 4) is 0 Å². The van der Waals surface area contributed by atoms with Crippen molar-refractivity contribution in [2.45, 2.75) is 64.7 Å². The molecule has 0 aromatic carbocycles. The normalized spacial score (nSPS) is 21.3. The highest BCUT2D eigenvalue weighted by Gasteiger charge is 2.23. The Morgan fingerprint density at radius 2 is 2.11 bits per heavy atom. The highest BCUT2D eigenvalue weighted by molar-refractivity contribution is 14.0. The predicted molar refractivity (Wildman–Crippen MR) is 123 cm³/mol. The molecule has 0 amide bonds. The SMILES string of the molecule is CCNC(=NCc1cccc(C)n1)N1CCC(OCC2CCCCO2)CC1.I. The van der Waals surface area contributed by atoms with Crippen LogP contribution in [0.2, 0.25) is 0 Å². The van der Waals surface area contributed by atoms with Crippen molar-refractivity contribution in [2.75, 3.05) is 32.8 Å². The molecule has 7 heteroatoms. The Kier molecular flexibility index (Phi) is 10.5. The van der Waals surface area contributed by atoms with Crippen molar-refractivity contribution in [3.63, 3.8) is 0 Å². The summed E-state index contributed by atoms with van der Waals surface area (Å²) in [4.78, 5) is 11.7. The van der Waals surface area contributed by atoms with Gasteiger partial charge in [0.1, 0.15) is 0 Å². The number of hydrogen-bond acceptors (Lipinski definition) is 4. The highest BCUT2D eigenvalue weighted by atomic mass is 127. The Labute approximate surface area is 186 Å². The van der Waals surface area contributed by atoms with Crippen LogP contribution < -0.4 is 5.32 Å². The van der Waals surface area contributed by atoms with Gasteiger partial charge in [0.2, 0.25) is 0 Å². The Morgan fingerprint density at radius 1 is 1.29 bits per heavy atom. The lowest BCUT2D eigenvalue weighted by molar-refractivity contribution is -0.0721. The molecule has 158 valence electrons. The third-order valence-electron chi connectivity index (χ3n) is 5.21. The minimum absolute atomic E-state index is 0. The van der Waals surface area contributed by atoms with Gasteiger partial charge in [0.25, 0.3) is 0 Å². The molecule has 2 fully saturated rings. The van der Waals surface area contributed by atoms with Crippen LogP contribution in [0.3, 0.4) is 0 Å². The van der Waals surface area contributed by atoms with Crippen LogP contribution in [0, 0.1) is 6.92 Å². The number of guanidine groups is 1. The molecule has 0 aliphatic carbocycles. The summed E-state index contributed by atoms with van der Waals surface area (Å²) in [7, 11) is 0. The molecular weight excluding hydrogens is 467 g/mol. The zero-order chi connectivity index (χ0) is 18.9. The molecule has 0 saturated carbocycles. The molecular formula is C21H35IN4O2. The molecule has 2 aliphatic heterocycles. The van der Waals surface area contributed by atoms with Gasteiger partial charge in [0.15, 0.2) is 5.96 Å². The van der Waals surface area contributed by atoms with Gasteiger partial charge in [-0.05, 0) is 58.1 Å². The lowest BCUT2D eigenvalue weighted by atomic mass is 10.1. The van der Waals surface area contributed by atoms with Gasteiger partial charge in [-0.3, -0.25) is 4.98 Å². The molecule has 3 heterocycles. The van der Waals surface area contributed by atoms with Gasteiger partial charge in [-0.1, -0.05) is 6.07 Å². The molecule has 1 aromatic rings. The lowest BCUT2D eigenvalue weighted by Gasteiger charge is -2.35. The first-order valence-electron chi connectivity index (χ1n) is 10.4. The van der Waals surface area contributed by atoms with E-state index in [1.807, 2.05) is 25.1 Å². The Balaban J connectivity index is 0.00000280. The van der Waals surface area contributed by atoms with E-state index in [9.17, 15) is 0 Å². The number of likely N-dealkylation sites (tertiary alicyclic amines) is 1. The maximum Gasteiger partial charge on any atom is 0.194 e. The number of hydrogen-bond donors (Lipinski definition) is 1. The second-order valence-corrected chi connectivity index (χ2v) is 7.45. The number of rotatable bonds is 6. The number of ether oxygens (including phenoxy) is 2. The maximum atomic E-state index is 6.13. The van der Waals surface area contributed by atoms with E-state index in [0.717, 1.165) is 69.5 Å². The largest absolute Gasteiger partial charge is 0.376 e. The molecule has 1 unspecified atom stereocenters. The van der Waals surface area contributed by atoms with E-state index in [0.29, 0.717) is 18.8 Å². The predicted octanol–water partition coefficient (Wildman–Crippen LogP) is 3.52. The summed E-state index contributed by atoms with van der Waals surface area (Å²) in [6.07, 6.45) is 6.33. The van der Waals surface area contributed by atoms with Gasteiger partial charge in [-0.2, -0.15) is 0 Å². The van der Waals surface area contributed by atoms with E-state index in [4.69, 9.17) is 14.5 Å². The number of nitrogens with zero attached hydrogens (tertiary/aromatic N) is 3. The zero-order valence-corrected chi connectivity index (χ0v) is 19.6. The summed E-state index contributed by atoms with van der Waals surface area (Å²) in [5.74, 6) is 0.981. The molecule has 6 nitrogen and oxygen atoms in total. The Bertz CT molecular complexity index is 600. The molecule has 1 atom stereocenters. The first-order valence-corrected chi connectivity index (χ1v) is 10.4. The maximum absolute atomic E-state index is 6.13. The third kappa shape index (κ3) is 7.48. The van der Waals surface area contributed by atoms with Gasteiger partial charge in [-0.15, -0.1) is 24.0 Å². The van der Waals surface area contributed by atoms with Crippen LogP contribution in [0.25, 0.3) is 0 Å². The van der Waals surface area contributed by atoms with E-state index >= 15 is 0 Å². The number of pyridine rings is 1. The van der Waals surface area contributed by atoms with E-state index in [-0.39, 0.29) is 24.0 Å². The summed E-state index contributed by atoms with van der Waals surface area (Å²) >= 11 is 0. The molecule has 0 bridgehead atoms. The number of nitrogens with one attached hydrogen (secondary N) is 1. The van der Waals surface area contributed by atoms with Gasteiger partial charge >= 0.3 is 0 Å². The molecule has 1 N–H and O–H groups in total. The fourth-order valence-electron chi connectivity index (χ4n) is 3.69. The quantitative estimate of drug-likeness (QED) is 0.367. The minimum atomic E-state index is 0. The van der Waals surface area contributed by atoms with Crippen LogP contribution in [0.5, 0.6) is 0 Å². The number of aromatic nitrogens is 1. The molecule has 2 aliphatic rings. The van der Waals surface area contributed by atoms with Crippen molar-refractivity contribution in [2.24, 2.45) is 4.99 Å². The summed E-state index contributed by atoms with van der Waals surface area (Å²) in [5, 5.41) is 3.42. The summed E-state index contributed by atoms with van der Waals surface area (Å²) in [6, 6.07) is 6.09. The average molecular weight is 502 g/mol. The Morgan fingerprint density at radius 3 is 2.79 bits per heavy atom. The van der Waals surface area contributed by atoms with Crippen molar-refractivity contribution in [3.05, 3.63) is 29.6 Å². The second kappa shape index (κ2) is 12.6. The van der Waals surface area contributed by atoms with Gasteiger partial charge in [0, 0.05) is 31.9 Å². The highest BCUT2D eigenvalue weighted by Crippen LogP contribution is 2.18. The minimum Gasteiger partial charge on any atom is -0.376 e. The van der Waals surface area contributed by atoms with Gasteiger partial charge in [-0.25, -0.2) is 4.99 Å². The lowest BCUT2D eigenvalue weighted by Crippen LogP contribution is -2.47. The van der Waals surface area contributed by atoms with Gasteiger partial charge in [0.05, 0.1) is 31.1 Å². The Hall–Kier alpha value is -0.930. The van der Waals surface area contributed by atoms with Crippen molar-refractivity contribution >= 4 is 29.9 Å². The van der Waals surface area contributed by atoms with Crippen molar-refractivity contribution in [1.29, 1.82) is 0 Å². The number of piperidine rings is 1. The molecule has 3 rings (SSSR count). The van der Waals surface area contributed by atoms with Crippen molar-refractivity contribution in [1.82, 2.24) is 15.2 Å². The molecule has 1 aromatic heterocycles. The second-order valence-electron chi connectivity index (χ2n) is 7.45. The molecule has 0 spiro atoms. The van der Waals surface area contributed by atoms with Crippen LogP contribution in [0.1, 0.15) is 50.4 Å². The summed E-state index contributed by atoms with van der Waals surface area (Å²) in [5.41, 5.74) is 2.05. The summed E-state index contributed by atoms with van der Waals surface area (Å²) < 4.78 is 11.9. The zero-order valence-electron chi connectivity index (χ0n) is 17.2. The molecule has 2 saturated heterocycles. The van der Waals surface area contributed by atoms with Crippen LogP contribution in [-0.4, -0.2) is 60.9 Å². The number of halogens is 1. The first-order chi connectivity index (χ1) is 13.2. The van der Waals surface area contributed by atoms with Crippen LogP contribution in [0.15, 0.2) is 23.2 Å². The standard InChI is InChI=1S/C21H34N4O2.HI/c1-3-22-21(23-15-18-8-6-7-17(2)24-18)25-12-10-19(11-13-25)27-16-20-9-4-5-14-26-20;/h6-8,19-20H,3-5,9-16H2,1-2H3,(H,22,23);1H. The number of aryl methyl sites for hydroxylation is 1. The monoisotopic (exact) mass is 502 g/mol. The van der Waals surface area contributed by atoms with Crippen LogP contribution >= 0.6 is 24.0 Å². The van der Waals surface area contributed by atoms with Gasteiger partial charge < -0.3 is 19.7 Å². The van der Waals surface area contributed by atoms with E-state index in [2.05, 4.69) is 22.1 Å². The molecule has 0 radical (unpaired) electrons. The molecule has 28 heavy (non-hydrogen) atoms. The topological polar surface area (TPSA) is 59.0 Å². The summed E-state index contributed by atoms with van der Waals surface area (Å²) in [6.45, 7) is 9.20. The first kappa shape index (κ1) is 23.3. The van der Waals surface area contributed by atoms with Crippen LogP contribution in [-0.2, 0) is 16.0 Å². The van der Waals surface area contributed by atoms with Crippen molar-refractivity contribution < 1.29 is 9.47 Å². The third-order valence-corrected chi connectivity index (χ3v) is 5.21. The average Bonchev–Trinajstić information content (AvgIpc) is 2.71. The fraction of sp³-hybridized carbons (Fsp3) is 0.714. The van der Waals surface area contributed by atoms with E-state index < -0.39 is 0 Å². The smallest absolute Gasteiger partial charge is 0.194 e.